The van der Waals surface area contributed by atoms with Crippen molar-refractivity contribution in [2.75, 3.05) is 37.7 Å². The van der Waals surface area contributed by atoms with Crippen LogP contribution in [0.4, 0.5) is 13.2 Å². The summed E-state index contributed by atoms with van der Waals surface area (Å²) in [4.78, 5) is 27.3. The van der Waals surface area contributed by atoms with Gasteiger partial charge >= 0.3 is 6.18 Å². The highest BCUT2D eigenvalue weighted by atomic mass is 32.2. The Morgan fingerprint density at radius 2 is 1.55 bits per heavy atom. The van der Waals surface area contributed by atoms with Crippen LogP contribution in [0.5, 0.6) is 0 Å². The summed E-state index contributed by atoms with van der Waals surface area (Å²) in [5.74, 6) is -1.33. The number of carbonyl (C=O) groups excluding carboxylic acids is 2. The summed E-state index contributed by atoms with van der Waals surface area (Å²) in [6, 6.07) is 0. The third kappa shape index (κ3) is 6.06. The molecule has 0 N–H and O–H groups in total. The predicted molar refractivity (Wildman–Crippen MR) is 80.6 cm³/mol. The zero-order chi connectivity index (χ0) is 16.8. The first-order valence-electron chi connectivity index (χ1n) is 7.49. The third-order valence-electron chi connectivity index (χ3n) is 3.77. The van der Waals surface area contributed by atoms with Crippen LogP contribution in [0, 0.1) is 5.92 Å². The van der Waals surface area contributed by atoms with Gasteiger partial charge in [0, 0.05) is 32.1 Å². The van der Waals surface area contributed by atoms with Gasteiger partial charge in [-0.2, -0.15) is 13.2 Å². The topological polar surface area (TPSA) is 40.6 Å². The van der Waals surface area contributed by atoms with E-state index < -0.39 is 11.9 Å². The molecule has 0 unspecified atom stereocenters. The van der Waals surface area contributed by atoms with Crippen molar-refractivity contribution in [2.45, 2.75) is 32.9 Å². The number of hydrogen-bond acceptors (Lipinski definition) is 3. The Bertz CT molecular complexity index is 379. The van der Waals surface area contributed by atoms with E-state index in [9.17, 15) is 22.8 Å². The van der Waals surface area contributed by atoms with E-state index in [-0.39, 0.29) is 23.5 Å². The summed E-state index contributed by atoms with van der Waals surface area (Å²) in [5.41, 5.74) is 0. The first-order valence-corrected chi connectivity index (χ1v) is 8.65. The zero-order valence-electron chi connectivity index (χ0n) is 13.0. The molecule has 0 aromatic rings. The van der Waals surface area contributed by atoms with E-state index in [2.05, 4.69) is 0 Å². The van der Waals surface area contributed by atoms with E-state index in [1.165, 1.54) is 0 Å². The van der Waals surface area contributed by atoms with Crippen molar-refractivity contribution in [3.8, 4) is 0 Å². The van der Waals surface area contributed by atoms with Crippen molar-refractivity contribution in [3.63, 3.8) is 0 Å². The highest BCUT2D eigenvalue weighted by Gasteiger charge is 2.29. The van der Waals surface area contributed by atoms with Gasteiger partial charge in [0.1, 0.15) is 0 Å². The van der Waals surface area contributed by atoms with Crippen molar-refractivity contribution in [3.05, 3.63) is 0 Å². The minimum absolute atomic E-state index is 0.0181. The predicted octanol–water partition coefficient (Wildman–Crippen LogP) is 2.39. The first-order chi connectivity index (χ1) is 10.3. The molecule has 1 aliphatic rings. The van der Waals surface area contributed by atoms with Crippen LogP contribution in [0.1, 0.15) is 26.7 Å². The molecule has 0 spiro atoms. The van der Waals surface area contributed by atoms with Crippen LogP contribution >= 0.6 is 11.8 Å². The van der Waals surface area contributed by atoms with Gasteiger partial charge in [0.25, 0.3) is 0 Å². The maximum absolute atomic E-state index is 12.2. The first kappa shape index (κ1) is 19.1. The molecule has 0 aromatic carbocycles. The second-order valence-electron chi connectivity index (χ2n) is 5.33. The van der Waals surface area contributed by atoms with E-state index >= 15 is 0 Å². The molecule has 1 fully saturated rings. The normalized spacial score (nSPS) is 16.3. The van der Waals surface area contributed by atoms with Crippen LogP contribution in [0.3, 0.4) is 0 Å². The number of amides is 2. The Labute approximate surface area is 133 Å². The quantitative estimate of drug-likeness (QED) is 0.745. The molecule has 0 bridgehead atoms. The molecule has 0 saturated carbocycles. The molecule has 1 saturated heterocycles. The Morgan fingerprint density at radius 3 is 2.00 bits per heavy atom. The molecular formula is C14H23F3N2O2S. The Hall–Kier alpha value is -0.920. The number of hydrogen-bond donors (Lipinski definition) is 0. The highest BCUT2D eigenvalue weighted by Crippen LogP contribution is 2.21. The lowest BCUT2D eigenvalue weighted by molar-refractivity contribution is -0.141. The number of thioether (sulfide) groups is 1. The molecule has 1 rings (SSSR count). The summed E-state index contributed by atoms with van der Waals surface area (Å²) >= 11 is 0.584. The summed E-state index contributed by atoms with van der Waals surface area (Å²) in [6.07, 6.45) is -2.66. The number of nitrogens with zero attached hydrogens (tertiary/aromatic N) is 2. The average Bonchev–Trinajstić information content (AvgIpc) is 2.47. The number of carbonyl (C=O) groups is 2. The summed E-state index contributed by atoms with van der Waals surface area (Å²) in [6.45, 7) is 5.68. The Morgan fingerprint density at radius 1 is 1.05 bits per heavy atom. The van der Waals surface area contributed by atoms with Gasteiger partial charge in [0.05, 0.1) is 11.5 Å². The monoisotopic (exact) mass is 340 g/mol. The lowest BCUT2D eigenvalue weighted by atomic mass is 10.0. The SMILES string of the molecule is CCC(CC)C(=O)N1CCN(C(=O)CSCC(F)(F)F)CC1. The van der Waals surface area contributed by atoms with E-state index in [1.807, 2.05) is 13.8 Å². The molecule has 0 aliphatic carbocycles. The van der Waals surface area contributed by atoms with Crippen LogP contribution in [-0.4, -0.2) is 65.5 Å². The summed E-state index contributed by atoms with van der Waals surface area (Å²) < 4.78 is 36.1. The Kier molecular flexibility index (Phi) is 7.52. The fourth-order valence-corrected chi connectivity index (χ4v) is 3.11. The van der Waals surface area contributed by atoms with Crippen molar-refractivity contribution in [1.29, 1.82) is 0 Å². The minimum Gasteiger partial charge on any atom is -0.339 e. The Balaban J connectivity index is 2.35. The maximum Gasteiger partial charge on any atom is 0.397 e. The van der Waals surface area contributed by atoms with Gasteiger partial charge in [-0.3, -0.25) is 9.59 Å². The van der Waals surface area contributed by atoms with E-state index in [0.29, 0.717) is 37.9 Å². The van der Waals surface area contributed by atoms with Gasteiger partial charge in [0.15, 0.2) is 0 Å². The lowest BCUT2D eigenvalue weighted by Gasteiger charge is -2.36. The van der Waals surface area contributed by atoms with Crippen LogP contribution in [0.2, 0.25) is 0 Å². The minimum atomic E-state index is -4.24. The van der Waals surface area contributed by atoms with Gasteiger partial charge in [-0.25, -0.2) is 0 Å². The third-order valence-corrected chi connectivity index (χ3v) is 4.75. The van der Waals surface area contributed by atoms with Crippen molar-refractivity contribution >= 4 is 23.6 Å². The van der Waals surface area contributed by atoms with Crippen molar-refractivity contribution < 1.29 is 22.8 Å². The molecule has 1 aliphatic heterocycles. The molecule has 0 aromatic heterocycles. The van der Waals surface area contributed by atoms with Crippen molar-refractivity contribution in [2.24, 2.45) is 5.92 Å². The zero-order valence-corrected chi connectivity index (χ0v) is 13.8. The number of alkyl halides is 3. The van der Waals surface area contributed by atoms with E-state index in [1.54, 1.807) is 9.80 Å². The van der Waals surface area contributed by atoms with Crippen LogP contribution in [0.25, 0.3) is 0 Å². The second kappa shape index (κ2) is 8.64. The molecule has 128 valence electrons. The van der Waals surface area contributed by atoms with Crippen molar-refractivity contribution in [1.82, 2.24) is 9.80 Å². The molecule has 1 heterocycles. The average molecular weight is 340 g/mol. The molecule has 22 heavy (non-hydrogen) atoms. The number of piperazine rings is 1. The van der Waals surface area contributed by atoms with Crippen LogP contribution in [-0.2, 0) is 9.59 Å². The molecule has 0 atom stereocenters. The fourth-order valence-electron chi connectivity index (χ4n) is 2.42. The van der Waals surface area contributed by atoms with Gasteiger partial charge in [0.2, 0.25) is 11.8 Å². The molecular weight excluding hydrogens is 317 g/mol. The van der Waals surface area contributed by atoms with Crippen LogP contribution in [0.15, 0.2) is 0 Å². The lowest BCUT2D eigenvalue weighted by Crippen LogP contribution is -2.52. The largest absolute Gasteiger partial charge is 0.397 e. The summed E-state index contributed by atoms with van der Waals surface area (Å²) in [5, 5.41) is 0. The maximum atomic E-state index is 12.2. The second-order valence-corrected chi connectivity index (χ2v) is 6.31. The molecule has 0 radical (unpaired) electrons. The standard InChI is InChI=1S/C14H23F3N2O2S/c1-3-11(4-2)13(21)19-7-5-18(6-8-19)12(20)9-22-10-14(15,16)17/h11H,3-10H2,1-2H3. The van der Waals surface area contributed by atoms with E-state index in [0.717, 1.165) is 12.8 Å². The van der Waals surface area contributed by atoms with Crippen LogP contribution < -0.4 is 0 Å². The molecule has 2 amide bonds. The summed E-state index contributed by atoms with van der Waals surface area (Å²) in [7, 11) is 0. The highest BCUT2D eigenvalue weighted by molar-refractivity contribution is 8.00. The van der Waals surface area contributed by atoms with Gasteiger partial charge in [-0.15, -0.1) is 11.8 Å². The van der Waals surface area contributed by atoms with Gasteiger partial charge < -0.3 is 9.80 Å². The van der Waals surface area contributed by atoms with Gasteiger partial charge in [-0.1, -0.05) is 13.8 Å². The van der Waals surface area contributed by atoms with Gasteiger partial charge in [-0.05, 0) is 12.8 Å². The van der Waals surface area contributed by atoms with E-state index in [4.69, 9.17) is 0 Å². The number of halogens is 3. The smallest absolute Gasteiger partial charge is 0.339 e. The molecule has 8 heteroatoms. The number of rotatable bonds is 6. The molecule has 4 nitrogen and oxygen atoms in total. The fraction of sp³-hybridized carbons (Fsp3) is 0.857.